The van der Waals surface area contributed by atoms with Crippen LogP contribution in [0.2, 0.25) is 0 Å². The smallest absolute Gasteiger partial charge is 0.233 e. The molecule has 5 heteroatoms. The van der Waals surface area contributed by atoms with Crippen molar-refractivity contribution >= 4 is 22.4 Å². The average Bonchev–Trinajstić information content (AvgIpc) is 2.40. The molecule has 2 rings (SSSR count). The molecule has 0 aliphatic heterocycles. The second-order valence-corrected chi connectivity index (χ2v) is 6.41. The van der Waals surface area contributed by atoms with Gasteiger partial charge in [-0.15, -0.1) is 0 Å². The van der Waals surface area contributed by atoms with Gasteiger partial charge in [0.25, 0.3) is 0 Å². The minimum absolute atomic E-state index is 0.0282. The highest BCUT2D eigenvalue weighted by atomic mass is 32.2. The number of anilines is 1. The predicted molar refractivity (Wildman–Crippen MR) is 77.1 cm³/mol. The van der Waals surface area contributed by atoms with E-state index >= 15 is 0 Å². The Balaban J connectivity index is 1.84. The molecule has 1 aliphatic rings. The van der Waals surface area contributed by atoms with Gasteiger partial charge in [0.05, 0.1) is 10.8 Å². The molecule has 1 aliphatic carbocycles. The predicted octanol–water partition coefficient (Wildman–Crippen LogP) is 1.83. The van der Waals surface area contributed by atoms with Crippen LogP contribution in [0.4, 0.5) is 5.69 Å². The Morgan fingerprint density at radius 2 is 1.84 bits per heavy atom. The fraction of sp³-hybridized carbons (Fsp3) is 0.500. The van der Waals surface area contributed by atoms with Gasteiger partial charge in [0.1, 0.15) is 5.75 Å². The summed E-state index contributed by atoms with van der Waals surface area (Å²) in [5.41, 5.74) is 6.21. The van der Waals surface area contributed by atoms with Gasteiger partial charge in [0, 0.05) is 16.6 Å². The molecule has 0 radical (unpaired) electrons. The number of hydrogen-bond acceptors (Lipinski definition) is 3. The van der Waals surface area contributed by atoms with E-state index in [-0.39, 0.29) is 17.7 Å². The highest BCUT2D eigenvalue weighted by molar-refractivity contribution is 7.85. The van der Waals surface area contributed by atoms with Crippen molar-refractivity contribution in [2.24, 2.45) is 0 Å². The molecular weight excluding hydrogens is 260 g/mol. The van der Waals surface area contributed by atoms with Gasteiger partial charge in [0.15, 0.2) is 0 Å². The highest BCUT2D eigenvalue weighted by Gasteiger charge is 2.17. The SMILES string of the molecule is Nc1ccc(S(=O)CC(=O)NC2CCCCC2)cc1. The summed E-state index contributed by atoms with van der Waals surface area (Å²) < 4.78 is 12.0. The van der Waals surface area contributed by atoms with Crippen LogP contribution in [-0.2, 0) is 15.6 Å². The summed E-state index contributed by atoms with van der Waals surface area (Å²) in [6.07, 6.45) is 5.68. The van der Waals surface area contributed by atoms with Gasteiger partial charge in [-0.2, -0.15) is 0 Å². The molecule has 1 fully saturated rings. The molecule has 1 atom stereocenters. The maximum Gasteiger partial charge on any atom is 0.233 e. The first-order chi connectivity index (χ1) is 9.15. The van der Waals surface area contributed by atoms with Crippen molar-refractivity contribution in [1.29, 1.82) is 0 Å². The third-order valence-electron chi connectivity index (χ3n) is 3.38. The molecule has 1 aromatic rings. The van der Waals surface area contributed by atoms with E-state index in [0.29, 0.717) is 10.6 Å². The summed E-state index contributed by atoms with van der Waals surface area (Å²) in [6.45, 7) is 0. The molecule has 19 heavy (non-hydrogen) atoms. The van der Waals surface area contributed by atoms with E-state index < -0.39 is 10.8 Å². The zero-order valence-corrected chi connectivity index (χ0v) is 11.7. The van der Waals surface area contributed by atoms with Gasteiger partial charge >= 0.3 is 0 Å². The number of nitrogens with one attached hydrogen (secondary N) is 1. The quantitative estimate of drug-likeness (QED) is 0.826. The number of carbonyl (C=O) groups is 1. The molecule has 0 bridgehead atoms. The fourth-order valence-corrected chi connectivity index (χ4v) is 3.27. The van der Waals surface area contributed by atoms with Crippen molar-refractivity contribution in [1.82, 2.24) is 5.32 Å². The lowest BCUT2D eigenvalue weighted by Crippen LogP contribution is -2.38. The van der Waals surface area contributed by atoms with E-state index in [1.807, 2.05) is 0 Å². The van der Waals surface area contributed by atoms with E-state index in [0.717, 1.165) is 12.8 Å². The second kappa shape index (κ2) is 6.70. The van der Waals surface area contributed by atoms with E-state index in [2.05, 4.69) is 5.32 Å². The second-order valence-electron chi connectivity index (χ2n) is 4.96. The van der Waals surface area contributed by atoms with Crippen LogP contribution in [0.5, 0.6) is 0 Å². The monoisotopic (exact) mass is 280 g/mol. The summed E-state index contributed by atoms with van der Waals surface area (Å²) in [6, 6.07) is 7.08. The molecule has 3 N–H and O–H groups in total. The van der Waals surface area contributed by atoms with Crippen LogP contribution in [0.1, 0.15) is 32.1 Å². The number of nitrogens with two attached hydrogens (primary N) is 1. The maximum atomic E-state index is 12.0. The summed E-state index contributed by atoms with van der Waals surface area (Å²) in [4.78, 5) is 12.5. The molecule has 0 aromatic heterocycles. The van der Waals surface area contributed by atoms with Crippen LogP contribution in [-0.4, -0.2) is 21.9 Å². The Kier molecular flexibility index (Phi) is 4.96. The molecule has 1 aromatic carbocycles. The first kappa shape index (κ1) is 14.1. The molecule has 0 spiro atoms. The molecule has 4 nitrogen and oxygen atoms in total. The Morgan fingerprint density at radius 3 is 2.47 bits per heavy atom. The van der Waals surface area contributed by atoms with Crippen molar-refractivity contribution in [2.45, 2.75) is 43.0 Å². The Bertz CT molecular complexity index is 453. The number of rotatable bonds is 4. The molecule has 1 unspecified atom stereocenters. The van der Waals surface area contributed by atoms with Crippen molar-refractivity contribution in [3.8, 4) is 0 Å². The van der Waals surface area contributed by atoms with Gasteiger partial charge in [-0.3, -0.25) is 9.00 Å². The zero-order chi connectivity index (χ0) is 13.7. The van der Waals surface area contributed by atoms with Crippen LogP contribution >= 0.6 is 0 Å². The molecule has 104 valence electrons. The zero-order valence-electron chi connectivity index (χ0n) is 10.9. The lowest BCUT2D eigenvalue weighted by Gasteiger charge is -2.22. The van der Waals surface area contributed by atoms with E-state index in [4.69, 9.17) is 5.73 Å². The number of amides is 1. The molecule has 0 heterocycles. The van der Waals surface area contributed by atoms with Crippen LogP contribution < -0.4 is 11.1 Å². The third kappa shape index (κ3) is 4.35. The summed E-state index contributed by atoms with van der Waals surface area (Å²) >= 11 is 0. The first-order valence-corrected chi connectivity index (χ1v) is 8.00. The Labute approximate surface area is 116 Å². The van der Waals surface area contributed by atoms with Crippen molar-refractivity contribution in [3.63, 3.8) is 0 Å². The summed E-state index contributed by atoms with van der Waals surface area (Å²) in [5, 5.41) is 2.97. The normalized spacial score (nSPS) is 17.9. The number of benzene rings is 1. The van der Waals surface area contributed by atoms with Gasteiger partial charge in [-0.05, 0) is 37.1 Å². The number of hydrogen-bond donors (Lipinski definition) is 2. The van der Waals surface area contributed by atoms with Crippen LogP contribution in [0.15, 0.2) is 29.2 Å². The van der Waals surface area contributed by atoms with Crippen molar-refractivity contribution in [3.05, 3.63) is 24.3 Å². The lowest BCUT2D eigenvalue weighted by molar-refractivity contribution is -0.119. The van der Waals surface area contributed by atoms with Gasteiger partial charge in [0.2, 0.25) is 5.91 Å². The summed E-state index contributed by atoms with van der Waals surface area (Å²) in [5.74, 6) is -0.0949. The topological polar surface area (TPSA) is 72.2 Å². The van der Waals surface area contributed by atoms with Gasteiger partial charge in [-0.25, -0.2) is 0 Å². The Morgan fingerprint density at radius 1 is 1.21 bits per heavy atom. The molecular formula is C14H20N2O2S. The fourth-order valence-electron chi connectivity index (χ4n) is 2.34. The summed E-state index contributed by atoms with van der Waals surface area (Å²) in [7, 11) is -1.29. The molecule has 1 amide bonds. The van der Waals surface area contributed by atoms with Crippen LogP contribution in [0.25, 0.3) is 0 Å². The lowest BCUT2D eigenvalue weighted by atomic mass is 9.95. The van der Waals surface area contributed by atoms with E-state index in [9.17, 15) is 9.00 Å². The van der Waals surface area contributed by atoms with E-state index in [1.54, 1.807) is 24.3 Å². The third-order valence-corrected chi connectivity index (χ3v) is 4.70. The van der Waals surface area contributed by atoms with Gasteiger partial charge in [-0.1, -0.05) is 19.3 Å². The van der Waals surface area contributed by atoms with E-state index in [1.165, 1.54) is 19.3 Å². The Hall–Kier alpha value is -1.36. The first-order valence-electron chi connectivity index (χ1n) is 6.68. The van der Waals surface area contributed by atoms with Crippen LogP contribution in [0.3, 0.4) is 0 Å². The number of nitrogen functional groups attached to an aromatic ring is 1. The maximum absolute atomic E-state index is 12.0. The minimum atomic E-state index is -1.29. The molecule has 1 saturated carbocycles. The molecule has 0 saturated heterocycles. The average molecular weight is 280 g/mol. The van der Waals surface area contributed by atoms with Crippen LogP contribution in [0, 0.1) is 0 Å². The number of carbonyl (C=O) groups excluding carboxylic acids is 1. The standard InChI is InChI=1S/C14H20N2O2S/c15-11-6-8-13(9-7-11)19(18)10-14(17)16-12-4-2-1-3-5-12/h6-9,12H,1-5,10,15H2,(H,16,17). The van der Waals surface area contributed by atoms with Crippen molar-refractivity contribution in [2.75, 3.05) is 11.5 Å². The largest absolute Gasteiger partial charge is 0.399 e. The highest BCUT2D eigenvalue weighted by Crippen LogP contribution is 2.17. The van der Waals surface area contributed by atoms with Crippen molar-refractivity contribution < 1.29 is 9.00 Å². The minimum Gasteiger partial charge on any atom is -0.399 e. The van der Waals surface area contributed by atoms with Gasteiger partial charge < -0.3 is 11.1 Å².